The molecule has 102 valence electrons. The van der Waals surface area contributed by atoms with E-state index in [-0.39, 0.29) is 0 Å². The second kappa shape index (κ2) is 4.07. The van der Waals surface area contributed by atoms with Crippen molar-refractivity contribution in [2.75, 3.05) is 6.54 Å². The Kier molecular flexibility index (Phi) is 2.55. The molecule has 1 aromatic rings. The van der Waals surface area contributed by atoms with Gasteiger partial charge in [-0.25, -0.2) is 0 Å². The monoisotopic (exact) mass is 257 g/mol. The van der Waals surface area contributed by atoms with Crippen LogP contribution in [0, 0.1) is 18.0 Å². The quantitative estimate of drug-likeness (QED) is 0.708. The Hall–Kier alpha value is -0.860. The molecule has 1 aliphatic heterocycles. The normalized spacial score (nSPS) is 40.4. The van der Waals surface area contributed by atoms with Crippen LogP contribution in [-0.4, -0.2) is 12.6 Å². The minimum absolute atomic E-state index is 0.336. The summed E-state index contributed by atoms with van der Waals surface area (Å²) in [5, 5.41) is 12.9. The van der Waals surface area contributed by atoms with Gasteiger partial charge in [0.15, 0.2) is 0 Å². The molecule has 3 aliphatic rings. The van der Waals surface area contributed by atoms with E-state index >= 15 is 0 Å². The van der Waals surface area contributed by atoms with Crippen LogP contribution < -0.4 is 5.06 Å². The molecule has 0 amide bonds. The van der Waals surface area contributed by atoms with Crippen LogP contribution in [0.25, 0.3) is 0 Å². The molecule has 2 bridgehead atoms. The van der Waals surface area contributed by atoms with Crippen LogP contribution in [0.5, 0.6) is 0 Å². The highest BCUT2D eigenvalue weighted by Gasteiger charge is 2.55. The summed E-state index contributed by atoms with van der Waals surface area (Å²) < 4.78 is 0. The Balaban J connectivity index is 1.93. The fraction of sp³-hybridized carbons (Fsp3) is 0.647. The lowest BCUT2D eigenvalue weighted by molar-refractivity contribution is -0.889. The van der Waals surface area contributed by atoms with Crippen molar-refractivity contribution < 1.29 is 5.06 Å². The number of benzene rings is 1. The molecule has 0 radical (unpaired) electrons. The van der Waals surface area contributed by atoms with Crippen LogP contribution in [0.2, 0.25) is 0 Å². The van der Waals surface area contributed by atoms with E-state index in [1.54, 1.807) is 5.56 Å². The van der Waals surface area contributed by atoms with E-state index in [0.717, 1.165) is 19.4 Å². The lowest BCUT2D eigenvalue weighted by atomic mass is 9.52. The summed E-state index contributed by atoms with van der Waals surface area (Å²) >= 11 is 0. The van der Waals surface area contributed by atoms with Crippen molar-refractivity contribution in [1.82, 2.24) is 0 Å². The molecule has 4 atom stereocenters. The predicted octanol–water partition coefficient (Wildman–Crippen LogP) is 2.13. The van der Waals surface area contributed by atoms with Gasteiger partial charge in [-0.2, -0.15) is 0 Å². The SMILES string of the molecule is Cc1cccc2c1[C@@]13CCCC[C@H]1[C@@H](C2)[NH+]([O-])CC3. The molecule has 0 aromatic heterocycles. The summed E-state index contributed by atoms with van der Waals surface area (Å²) in [5.74, 6) is 0.649. The standard InChI is InChI=1S/C17H23NO/c1-12-5-4-6-13-11-15-14-7-2-3-8-17(14,16(12)13)9-10-18(15)19/h4-6,14-15,18H,2-3,7-11H2,1H3/t14-,15+,17+/m0/s1. The fourth-order valence-electron chi connectivity index (χ4n) is 5.46. The highest BCUT2D eigenvalue weighted by molar-refractivity contribution is 5.45. The van der Waals surface area contributed by atoms with E-state index in [2.05, 4.69) is 25.1 Å². The Bertz CT molecular complexity index is 512. The first kappa shape index (κ1) is 11.9. The number of fused-ring (bicyclic) bond motifs is 1. The molecule has 1 saturated carbocycles. The Labute approximate surface area is 115 Å². The number of hydrogen-bond donors (Lipinski definition) is 1. The summed E-state index contributed by atoms with van der Waals surface area (Å²) in [6, 6.07) is 7.06. The molecule has 2 heteroatoms. The molecular formula is C17H23NO. The first-order valence-corrected chi connectivity index (χ1v) is 7.84. The van der Waals surface area contributed by atoms with Crippen LogP contribution in [-0.2, 0) is 11.8 Å². The van der Waals surface area contributed by atoms with Crippen LogP contribution >= 0.6 is 0 Å². The van der Waals surface area contributed by atoms with E-state index in [0.29, 0.717) is 22.4 Å². The average Bonchev–Trinajstić information content (AvgIpc) is 2.43. The number of hydrogen-bond acceptors (Lipinski definition) is 1. The molecule has 1 aromatic carbocycles. The molecule has 2 nitrogen and oxygen atoms in total. The molecule has 4 rings (SSSR count). The van der Waals surface area contributed by atoms with Gasteiger partial charge in [-0.15, -0.1) is 0 Å². The zero-order valence-electron chi connectivity index (χ0n) is 11.7. The molecule has 2 fully saturated rings. The second-order valence-corrected chi connectivity index (χ2v) is 6.89. The Morgan fingerprint density at radius 1 is 1.26 bits per heavy atom. The molecule has 1 heterocycles. The number of rotatable bonds is 0. The number of quaternary nitrogens is 1. The van der Waals surface area contributed by atoms with Gasteiger partial charge in [-0.3, -0.25) is 0 Å². The van der Waals surface area contributed by atoms with Gasteiger partial charge in [0.05, 0.1) is 12.6 Å². The molecule has 1 unspecified atom stereocenters. The van der Waals surface area contributed by atoms with Crippen molar-refractivity contribution in [3.8, 4) is 0 Å². The van der Waals surface area contributed by atoms with Gasteiger partial charge in [0.25, 0.3) is 0 Å². The zero-order chi connectivity index (χ0) is 13.0. The highest BCUT2D eigenvalue weighted by Crippen LogP contribution is 2.53. The van der Waals surface area contributed by atoms with Gasteiger partial charge in [-0.1, -0.05) is 31.0 Å². The molecular weight excluding hydrogens is 234 g/mol. The summed E-state index contributed by atoms with van der Waals surface area (Å²) in [4.78, 5) is 0. The molecule has 0 spiro atoms. The maximum absolute atomic E-state index is 12.4. The third-order valence-electron chi connectivity index (χ3n) is 6.11. The first-order chi connectivity index (χ1) is 9.22. The van der Waals surface area contributed by atoms with E-state index < -0.39 is 0 Å². The fourth-order valence-corrected chi connectivity index (χ4v) is 5.46. The first-order valence-electron chi connectivity index (χ1n) is 7.84. The third kappa shape index (κ3) is 1.50. The number of piperidine rings is 1. The maximum atomic E-state index is 12.4. The highest BCUT2D eigenvalue weighted by atomic mass is 16.5. The van der Waals surface area contributed by atoms with Crippen LogP contribution in [0.4, 0.5) is 0 Å². The minimum atomic E-state index is 0.336. The minimum Gasteiger partial charge on any atom is -0.634 e. The van der Waals surface area contributed by atoms with Crippen LogP contribution in [0.3, 0.4) is 0 Å². The Morgan fingerprint density at radius 2 is 2.16 bits per heavy atom. The van der Waals surface area contributed by atoms with Gasteiger partial charge in [0, 0.05) is 24.2 Å². The van der Waals surface area contributed by atoms with Gasteiger partial charge < -0.3 is 10.3 Å². The van der Waals surface area contributed by atoms with E-state index in [1.165, 1.54) is 36.8 Å². The van der Waals surface area contributed by atoms with Crippen molar-refractivity contribution in [1.29, 1.82) is 0 Å². The summed E-state index contributed by atoms with van der Waals surface area (Å²) in [6.45, 7) is 3.10. The number of hydroxylamine groups is 2. The lowest BCUT2D eigenvalue weighted by Gasteiger charge is -2.58. The average molecular weight is 257 g/mol. The molecule has 19 heavy (non-hydrogen) atoms. The van der Waals surface area contributed by atoms with Gasteiger partial charge >= 0.3 is 0 Å². The van der Waals surface area contributed by atoms with Crippen LogP contribution in [0.15, 0.2) is 18.2 Å². The van der Waals surface area contributed by atoms with Gasteiger partial charge in [0.2, 0.25) is 0 Å². The van der Waals surface area contributed by atoms with Crippen molar-refractivity contribution in [2.45, 2.75) is 56.9 Å². The van der Waals surface area contributed by atoms with Crippen molar-refractivity contribution >= 4 is 0 Å². The summed E-state index contributed by atoms with van der Waals surface area (Å²) in [6.07, 6.45) is 7.42. The van der Waals surface area contributed by atoms with Crippen molar-refractivity contribution in [3.05, 3.63) is 40.1 Å². The predicted molar refractivity (Wildman–Crippen MR) is 76.1 cm³/mol. The van der Waals surface area contributed by atoms with E-state index in [1.807, 2.05) is 0 Å². The Morgan fingerprint density at radius 3 is 3.05 bits per heavy atom. The van der Waals surface area contributed by atoms with E-state index in [4.69, 9.17) is 0 Å². The topological polar surface area (TPSA) is 27.5 Å². The third-order valence-corrected chi connectivity index (χ3v) is 6.11. The smallest absolute Gasteiger partial charge is 0.0949 e. The van der Waals surface area contributed by atoms with Gasteiger partial charge in [-0.05, 0) is 36.5 Å². The van der Waals surface area contributed by atoms with E-state index in [9.17, 15) is 5.21 Å². The molecule has 1 N–H and O–H groups in total. The van der Waals surface area contributed by atoms with Gasteiger partial charge in [0.1, 0.15) is 0 Å². The van der Waals surface area contributed by atoms with Crippen LogP contribution in [0.1, 0.15) is 48.8 Å². The zero-order valence-corrected chi connectivity index (χ0v) is 11.7. The molecule has 2 aliphatic carbocycles. The number of aryl methyl sites for hydroxylation is 1. The van der Waals surface area contributed by atoms with Crippen molar-refractivity contribution in [2.24, 2.45) is 5.92 Å². The maximum Gasteiger partial charge on any atom is 0.0949 e. The van der Waals surface area contributed by atoms with Crippen molar-refractivity contribution in [3.63, 3.8) is 0 Å². The molecule has 1 saturated heterocycles. The number of nitrogens with one attached hydrogen (secondary N) is 1. The lowest BCUT2D eigenvalue weighted by Crippen LogP contribution is -3.15. The summed E-state index contributed by atoms with van der Waals surface area (Å²) in [5.41, 5.74) is 4.95. The largest absolute Gasteiger partial charge is 0.634 e. The summed E-state index contributed by atoms with van der Waals surface area (Å²) in [7, 11) is 0. The second-order valence-electron chi connectivity index (χ2n) is 6.89.